The maximum absolute atomic E-state index is 14.6. The summed E-state index contributed by atoms with van der Waals surface area (Å²) in [5.41, 5.74) is 12.2. The van der Waals surface area contributed by atoms with Gasteiger partial charge in [0.25, 0.3) is 17.4 Å². The number of rotatable bonds is 21. The summed E-state index contributed by atoms with van der Waals surface area (Å²) in [6.45, 7) is 18.8. The first-order valence-electron chi connectivity index (χ1n) is 28.0. The van der Waals surface area contributed by atoms with Crippen LogP contribution < -0.4 is 30.6 Å². The zero-order valence-corrected chi connectivity index (χ0v) is 48.0. The molecule has 16 nitrogen and oxygen atoms in total. The third kappa shape index (κ3) is 12.8. The molecule has 9 rings (SSSR count). The number of amides is 4. The van der Waals surface area contributed by atoms with Gasteiger partial charge in [-0.15, -0.1) is 11.3 Å². The highest BCUT2D eigenvalue weighted by molar-refractivity contribution is 7.13. The zero-order chi connectivity index (χ0) is 56.8. The second kappa shape index (κ2) is 25.4. The van der Waals surface area contributed by atoms with Crippen molar-refractivity contribution in [1.82, 2.24) is 30.4 Å². The Morgan fingerprint density at radius 1 is 0.875 bits per heavy atom. The highest BCUT2D eigenvalue weighted by atomic mass is 32.1. The van der Waals surface area contributed by atoms with E-state index in [-0.39, 0.29) is 67.2 Å². The molecular formula is C63H75N7O9S. The normalized spacial score (nSPS) is 17.1. The fourth-order valence-electron chi connectivity index (χ4n) is 11.4. The lowest BCUT2D eigenvalue weighted by molar-refractivity contribution is -0.143. The molecule has 17 heteroatoms. The molecule has 4 atom stereocenters. The second-order valence-corrected chi connectivity index (χ2v) is 22.7. The Morgan fingerprint density at radius 3 is 2.29 bits per heavy atom. The van der Waals surface area contributed by atoms with Crippen molar-refractivity contribution in [2.75, 3.05) is 44.4 Å². The number of hydrogen-bond donors (Lipinski definition) is 4. The molecule has 80 heavy (non-hydrogen) atoms. The minimum atomic E-state index is -0.905. The zero-order valence-electron chi connectivity index (χ0n) is 47.2. The lowest BCUT2D eigenvalue weighted by Crippen LogP contribution is -2.55. The smallest absolute Gasteiger partial charge is 0.255 e. The molecule has 2 fully saturated rings. The molecule has 0 spiro atoms. The first-order valence-corrected chi connectivity index (χ1v) is 28.9. The maximum Gasteiger partial charge on any atom is 0.255 e. The molecule has 422 valence electrons. The van der Waals surface area contributed by atoms with Gasteiger partial charge in [-0.3, -0.25) is 24.0 Å². The number of aryl methyl sites for hydroxylation is 4. The van der Waals surface area contributed by atoms with Crippen molar-refractivity contribution in [3.8, 4) is 33.1 Å². The van der Waals surface area contributed by atoms with E-state index >= 15 is 0 Å². The molecule has 0 radical (unpaired) electrons. The monoisotopic (exact) mass is 1110 g/mol. The summed E-state index contributed by atoms with van der Waals surface area (Å²) < 4.78 is 18.2. The number of unbranched alkanes of at least 4 members (excludes halogenated alkanes) is 1. The third-order valence-electron chi connectivity index (χ3n) is 15.8. The van der Waals surface area contributed by atoms with Gasteiger partial charge in [0.1, 0.15) is 23.6 Å². The lowest BCUT2D eigenvalue weighted by Gasteiger charge is -2.36. The van der Waals surface area contributed by atoms with E-state index in [1.807, 2.05) is 108 Å². The Morgan fingerprint density at radius 2 is 1.59 bits per heavy atom. The number of carbonyl (C=O) groups excluding carboxylic acids is 4. The van der Waals surface area contributed by atoms with Crippen molar-refractivity contribution in [2.45, 2.75) is 131 Å². The van der Waals surface area contributed by atoms with Crippen LogP contribution >= 0.6 is 11.3 Å². The van der Waals surface area contributed by atoms with Crippen LogP contribution in [-0.4, -0.2) is 112 Å². The second-order valence-electron chi connectivity index (χ2n) is 21.8. The van der Waals surface area contributed by atoms with Crippen molar-refractivity contribution in [3.05, 3.63) is 151 Å². The molecule has 0 unspecified atom stereocenters. The average Bonchev–Trinajstić information content (AvgIpc) is 4.24. The molecule has 0 aliphatic carbocycles. The minimum Gasteiger partial charge on any atom is -0.494 e. The number of likely N-dealkylation sites (tertiary alicyclic amines) is 1. The molecule has 4 N–H and O–H groups in total. The number of thiazole rings is 1. The number of aliphatic hydroxyl groups is 1. The molecule has 4 amide bonds. The number of nitrogens with zero attached hydrogens (tertiary/aromatic N) is 4. The van der Waals surface area contributed by atoms with Gasteiger partial charge in [0.15, 0.2) is 0 Å². The molecule has 3 aliphatic heterocycles. The molecule has 2 aromatic heterocycles. The van der Waals surface area contributed by atoms with Crippen LogP contribution in [0.15, 0.2) is 95.2 Å². The number of aliphatic hydroxyl groups excluding tert-OH is 1. The van der Waals surface area contributed by atoms with Crippen molar-refractivity contribution >= 4 is 40.7 Å². The summed E-state index contributed by atoms with van der Waals surface area (Å²) in [5, 5.41) is 16.9. The first kappa shape index (κ1) is 57.3. The number of ether oxygens (including phenoxy) is 3. The number of anilines is 1. The summed E-state index contributed by atoms with van der Waals surface area (Å²) in [6, 6.07) is 25.6. The van der Waals surface area contributed by atoms with Gasteiger partial charge in [0.2, 0.25) is 11.8 Å². The summed E-state index contributed by atoms with van der Waals surface area (Å²) in [7, 11) is 0. The van der Waals surface area contributed by atoms with Gasteiger partial charge in [-0.2, -0.15) is 0 Å². The van der Waals surface area contributed by atoms with Gasteiger partial charge >= 0.3 is 0 Å². The number of H-pyrrole nitrogens is 1. The molecule has 4 aromatic carbocycles. The van der Waals surface area contributed by atoms with Crippen LogP contribution in [0.2, 0.25) is 0 Å². The molecular weight excluding hydrogens is 1030 g/mol. The first-order chi connectivity index (χ1) is 38.5. The highest BCUT2D eigenvalue weighted by Crippen LogP contribution is 2.36. The Hall–Kier alpha value is -7.34. The van der Waals surface area contributed by atoms with Gasteiger partial charge in [-0.1, -0.05) is 62.4 Å². The number of hydrogen-bond acceptors (Lipinski definition) is 12. The van der Waals surface area contributed by atoms with Crippen molar-refractivity contribution < 1.29 is 38.5 Å². The Balaban J connectivity index is 0.816. The van der Waals surface area contributed by atoms with E-state index in [1.54, 1.807) is 22.3 Å². The summed E-state index contributed by atoms with van der Waals surface area (Å²) in [5.74, 6) is -0.768. The summed E-state index contributed by atoms with van der Waals surface area (Å²) in [4.78, 5) is 83.4. The highest BCUT2D eigenvalue weighted by Gasteiger charge is 2.46. The number of aromatic amines is 1. The summed E-state index contributed by atoms with van der Waals surface area (Å²) in [6.07, 6.45) is 2.34. The van der Waals surface area contributed by atoms with Crippen molar-refractivity contribution in [3.63, 3.8) is 0 Å². The van der Waals surface area contributed by atoms with E-state index < -0.39 is 18.2 Å². The largest absolute Gasteiger partial charge is 0.494 e. The fraction of sp³-hybridized carbons (Fsp3) is 0.429. The SMILES string of the molecule is CCN(c1cc(-c2ccc(OCCCCOc3ccc4c(c3)C(=O)N([C@H](C(=O)N3C[C@H](O)C[C@H]3C(=O)N[C@@H](C)c3ccc(-c5scnc5C)cc3)C(C)C)C4)c(C(=O)NCc3c(C)cc(C)[nH]c3=O)c2)ccc1C)C1CCOCC1. The van der Waals surface area contributed by atoms with E-state index in [4.69, 9.17) is 14.2 Å². The van der Waals surface area contributed by atoms with E-state index in [1.165, 1.54) is 10.5 Å². The molecule has 2 saturated heterocycles. The quantitative estimate of drug-likeness (QED) is 0.0502. The van der Waals surface area contributed by atoms with E-state index in [0.29, 0.717) is 60.3 Å². The number of benzene rings is 4. The van der Waals surface area contributed by atoms with Crippen molar-refractivity contribution in [1.29, 1.82) is 0 Å². The number of nitrogens with one attached hydrogen (secondary N) is 3. The Bertz CT molecular complexity index is 3280. The lowest BCUT2D eigenvalue weighted by atomic mass is 9.98. The Labute approximate surface area is 472 Å². The van der Waals surface area contributed by atoms with E-state index in [2.05, 4.69) is 57.5 Å². The molecule has 0 saturated carbocycles. The standard InChI is InChI=1S/C63H75N7O9S/c1-9-68(48-22-26-77-27-23-48)54-30-46(13-12-38(54)4)45-19-21-56(52(29-45)59(72)64-33-53-39(5)28-40(6)66-60(53)73)79-25-11-10-24-78-50-20-18-47-34-70(62(75)51(47)32-50)57(37(2)3)63(76)69-35-49(71)31-55(69)61(74)67-41(7)43-14-16-44(17-15-43)58-42(8)65-36-80-58/h12-21,28-30,32,36-37,41,48-49,55,57,71H,9-11,22-27,31,33-35H2,1-8H3,(H,64,72)(H,66,73)(H,67,74)/t41-,49+,55-,57-/m0/s1. The predicted octanol–water partition coefficient (Wildman–Crippen LogP) is 9.39. The number of carbonyl (C=O) groups is 4. The van der Waals surface area contributed by atoms with Crippen LogP contribution in [0.25, 0.3) is 21.6 Å². The van der Waals surface area contributed by atoms with Crippen LogP contribution in [0.5, 0.6) is 11.5 Å². The third-order valence-corrected chi connectivity index (χ3v) is 16.8. The van der Waals surface area contributed by atoms with Gasteiger partial charge < -0.3 is 49.6 Å². The average molecular weight is 1110 g/mol. The number of β-amino-alcohol motifs (C(OH)–C–C–N with tert-alkyl or cyclic N) is 1. The van der Waals surface area contributed by atoms with Gasteiger partial charge in [-0.25, -0.2) is 4.98 Å². The summed E-state index contributed by atoms with van der Waals surface area (Å²) >= 11 is 1.58. The van der Waals surface area contributed by atoms with Crippen LogP contribution in [0, 0.1) is 33.6 Å². The maximum atomic E-state index is 14.6. The molecule has 6 aromatic rings. The molecule has 5 heterocycles. The van der Waals surface area contributed by atoms with E-state index in [0.717, 1.165) is 87.9 Å². The van der Waals surface area contributed by atoms with Crippen LogP contribution in [-0.2, 0) is 27.4 Å². The number of aromatic nitrogens is 2. The number of fused-ring (bicyclic) bond motifs is 1. The topological polar surface area (TPSA) is 196 Å². The minimum absolute atomic E-state index is 0.0137. The predicted molar refractivity (Wildman–Crippen MR) is 311 cm³/mol. The number of pyridine rings is 1. The van der Waals surface area contributed by atoms with Crippen molar-refractivity contribution in [2.24, 2.45) is 5.92 Å². The molecule has 0 bridgehead atoms. The Kier molecular flexibility index (Phi) is 18.2. The van der Waals surface area contributed by atoms with Crippen LogP contribution in [0.4, 0.5) is 5.69 Å². The van der Waals surface area contributed by atoms with Crippen LogP contribution in [0.3, 0.4) is 0 Å². The molecule has 3 aliphatic rings. The van der Waals surface area contributed by atoms with Crippen LogP contribution in [0.1, 0.15) is 126 Å². The van der Waals surface area contributed by atoms with E-state index in [9.17, 15) is 29.1 Å². The fourth-order valence-corrected chi connectivity index (χ4v) is 12.3. The van der Waals surface area contributed by atoms with Gasteiger partial charge in [0.05, 0.1) is 47.0 Å². The van der Waals surface area contributed by atoms with Gasteiger partial charge in [0, 0.05) is 74.4 Å². The van der Waals surface area contributed by atoms with Gasteiger partial charge in [-0.05, 0) is 148 Å².